The highest BCUT2D eigenvalue weighted by atomic mass is 16.5. The van der Waals surface area contributed by atoms with Crippen molar-refractivity contribution >= 4 is 16.9 Å². The van der Waals surface area contributed by atoms with Gasteiger partial charge >= 0.3 is 5.63 Å². The number of fused-ring (bicyclic) bond motifs is 1. The van der Waals surface area contributed by atoms with Gasteiger partial charge in [-0.3, -0.25) is 4.79 Å². The largest absolute Gasteiger partial charge is 0.484 e. The molecule has 0 atom stereocenters. The van der Waals surface area contributed by atoms with Gasteiger partial charge in [0.05, 0.1) is 0 Å². The summed E-state index contributed by atoms with van der Waals surface area (Å²) in [6.45, 7) is 5.61. The van der Waals surface area contributed by atoms with Crippen molar-refractivity contribution in [3.8, 4) is 5.75 Å². The zero-order valence-electron chi connectivity index (χ0n) is 15.7. The number of rotatable bonds is 6. The van der Waals surface area contributed by atoms with Gasteiger partial charge in [0.2, 0.25) is 0 Å². The molecular weight excluding hydrogens is 342 g/mol. The predicted molar refractivity (Wildman–Crippen MR) is 105 cm³/mol. The van der Waals surface area contributed by atoms with Crippen LogP contribution < -0.4 is 15.7 Å². The maximum Gasteiger partial charge on any atom is 0.340 e. The molecule has 0 radical (unpaired) electrons. The summed E-state index contributed by atoms with van der Waals surface area (Å²) in [5, 5.41) is 3.62. The summed E-state index contributed by atoms with van der Waals surface area (Å²) in [4.78, 5) is 24.2. The zero-order valence-corrected chi connectivity index (χ0v) is 15.7. The van der Waals surface area contributed by atoms with Gasteiger partial charge in [-0.05, 0) is 44.0 Å². The minimum Gasteiger partial charge on any atom is -0.484 e. The molecule has 3 rings (SSSR count). The van der Waals surface area contributed by atoms with Crippen LogP contribution in [0.2, 0.25) is 0 Å². The van der Waals surface area contributed by atoms with Gasteiger partial charge in [0.25, 0.3) is 5.91 Å². The number of amides is 1. The van der Waals surface area contributed by atoms with Crippen molar-refractivity contribution in [2.45, 2.75) is 33.2 Å². The van der Waals surface area contributed by atoms with Crippen molar-refractivity contribution in [3.05, 3.63) is 75.6 Å². The normalized spacial score (nSPS) is 11.0. The number of aryl methyl sites for hydroxylation is 1. The lowest BCUT2D eigenvalue weighted by atomic mass is 10.00. The Balaban J connectivity index is 1.85. The minimum atomic E-state index is -0.349. The van der Waals surface area contributed by atoms with E-state index in [0.29, 0.717) is 23.3 Å². The predicted octanol–water partition coefficient (Wildman–Crippen LogP) is 3.60. The lowest BCUT2D eigenvalue weighted by Gasteiger charge is -2.11. The highest BCUT2D eigenvalue weighted by Gasteiger charge is 2.13. The Morgan fingerprint density at radius 3 is 2.59 bits per heavy atom. The number of benzene rings is 2. The maximum absolute atomic E-state index is 12.5. The molecule has 140 valence electrons. The molecule has 0 aliphatic rings. The molecule has 1 amide bonds. The van der Waals surface area contributed by atoms with Gasteiger partial charge in [-0.1, -0.05) is 30.3 Å². The van der Waals surface area contributed by atoms with Crippen LogP contribution in [0.15, 0.2) is 57.7 Å². The fraction of sp³-hybridized carbons (Fsp3) is 0.273. The van der Waals surface area contributed by atoms with E-state index in [1.165, 1.54) is 0 Å². The molecule has 0 fully saturated rings. The molecule has 0 aliphatic heterocycles. The van der Waals surface area contributed by atoms with E-state index < -0.39 is 0 Å². The Kier molecular flexibility index (Phi) is 5.60. The average Bonchev–Trinajstić information content (AvgIpc) is 2.63. The molecule has 0 bridgehead atoms. The number of hydrogen-bond acceptors (Lipinski definition) is 4. The molecule has 3 aromatic rings. The van der Waals surface area contributed by atoms with Gasteiger partial charge in [0, 0.05) is 29.5 Å². The summed E-state index contributed by atoms with van der Waals surface area (Å²) < 4.78 is 11.0. The quantitative estimate of drug-likeness (QED) is 0.678. The SMILES string of the molecule is Cc1c(Cc2ccccc2)c(=O)oc2cc(OCC(=O)NC(C)C)ccc12. The van der Waals surface area contributed by atoms with Crippen LogP contribution in [0.25, 0.3) is 11.0 Å². The molecule has 0 saturated carbocycles. The molecule has 0 aliphatic carbocycles. The van der Waals surface area contributed by atoms with E-state index in [4.69, 9.17) is 9.15 Å². The standard InChI is InChI=1S/C22H23NO4/c1-14(2)23-21(24)13-26-17-9-10-18-15(3)19(22(25)27-20(18)12-17)11-16-7-5-4-6-8-16/h4-10,12,14H,11,13H2,1-3H3,(H,23,24). The first-order valence-electron chi connectivity index (χ1n) is 8.96. The van der Waals surface area contributed by atoms with Crippen LogP contribution >= 0.6 is 0 Å². The molecule has 0 saturated heterocycles. The lowest BCUT2D eigenvalue weighted by Crippen LogP contribution is -2.34. The third-order valence-electron chi connectivity index (χ3n) is 4.30. The molecule has 1 heterocycles. The van der Waals surface area contributed by atoms with E-state index in [9.17, 15) is 9.59 Å². The van der Waals surface area contributed by atoms with Crippen molar-refractivity contribution < 1.29 is 13.9 Å². The van der Waals surface area contributed by atoms with Gasteiger partial charge in [-0.15, -0.1) is 0 Å². The summed E-state index contributed by atoms with van der Waals surface area (Å²) in [5.74, 6) is 0.292. The zero-order chi connectivity index (χ0) is 19.4. The summed E-state index contributed by atoms with van der Waals surface area (Å²) in [5.41, 5.74) is 2.71. The van der Waals surface area contributed by atoms with E-state index in [1.54, 1.807) is 12.1 Å². The summed E-state index contributed by atoms with van der Waals surface area (Å²) in [6, 6.07) is 15.2. The fourth-order valence-electron chi connectivity index (χ4n) is 2.98. The summed E-state index contributed by atoms with van der Waals surface area (Å²) >= 11 is 0. The fourth-order valence-corrected chi connectivity index (χ4v) is 2.98. The molecule has 0 unspecified atom stereocenters. The molecule has 1 aromatic heterocycles. The number of carbonyl (C=O) groups excluding carboxylic acids is 1. The second kappa shape index (κ2) is 8.08. The molecule has 2 aromatic carbocycles. The van der Waals surface area contributed by atoms with Crippen LogP contribution in [0.5, 0.6) is 5.75 Å². The van der Waals surface area contributed by atoms with Crippen molar-refractivity contribution in [1.29, 1.82) is 0 Å². The van der Waals surface area contributed by atoms with E-state index in [0.717, 1.165) is 16.5 Å². The number of carbonyl (C=O) groups is 1. The van der Waals surface area contributed by atoms with E-state index >= 15 is 0 Å². The Morgan fingerprint density at radius 1 is 1.15 bits per heavy atom. The van der Waals surface area contributed by atoms with E-state index in [1.807, 2.05) is 57.2 Å². The van der Waals surface area contributed by atoms with E-state index in [2.05, 4.69) is 5.32 Å². The molecular formula is C22H23NO4. The first-order chi connectivity index (χ1) is 12.9. The highest BCUT2D eigenvalue weighted by molar-refractivity contribution is 5.83. The molecule has 5 nitrogen and oxygen atoms in total. The number of ether oxygens (including phenoxy) is 1. The van der Waals surface area contributed by atoms with Crippen LogP contribution in [-0.4, -0.2) is 18.6 Å². The van der Waals surface area contributed by atoms with Gasteiger partial charge in [-0.25, -0.2) is 4.79 Å². The van der Waals surface area contributed by atoms with Crippen LogP contribution in [0.3, 0.4) is 0 Å². The third-order valence-corrected chi connectivity index (χ3v) is 4.30. The van der Waals surface area contributed by atoms with Gasteiger partial charge in [-0.2, -0.15) is 0 Å². The average molecular weight is 365 g/mol. The molecule has 27 heavy (non-hydrogen) atoms. The summed E-state index contributed by atoms with van der Waals surface area (Å²) in [6.07, 6.45) is 0.526. The Morgan fingerprint density at radius 2 is 1.89 bits per heavy atom. The number of hydrogen-bond donors (Lipinski definition) is 1. The second-order valence-corrected chi connectivity index (χ2v) is 6.82. The van der Waals surface area contributed by atoms with Gasteiger partial charge in [0.15, 0.2) is 6.61 Å². The summed E-state index contributed by atoms with van der Waals surface area (Å²) in [7, 11) is 0. The van der Waals surface area contributed by atoms with Gasteiger partial charge in [0.1, 0.15) is 11.3 Å². The Labute approximate surface area is 158 Å². The first kappa shape index (κ1) is 18.7. The highest BCUT2D eigenvalue weighted by Crippen LogP contribution is 2.25. The van der Waals surface area contributed by atoms with Crippen LogP contribution in [0.4, 0.5) is 0 Å². The van der Waals surface area contributed by atoms with Crippen molar-refractivity contribution in [1.82, 2.24) is 5.32 Å². The van der Waals surface area contributed by atoms with Crippen molar-refractivity contribution in [2.24, 2.45) is 0 Å². The molecule has 5 heteroatoms. The maximum atomic E-state index is 12.5. The second-order valence-electron chi connectivity index (χ2n) is 6.82. The molecule has 0 spiro atoms. The smallest absolute Gasteiger partial charge is 0.340 e. The van der Waals surface area contributed by atoms with Crippen molar-refractivity contribution in [2.75, 3.05) is 6.61 Å². The molecule has 1 N–H and O–H groups in total. The Hall–Kier alpha value is -3.08. The Bertz CT molecular complexity index is 1010. The van der Waals surface area contributed by atoms with Crippen molar-refractivity contribution in [3.63, 3.8) is 0 Å². The lowest BCUT2D eigenvalue weighted by molar-refractivity contribution is -0.123. The van der Waals surface area contributed by atoms with Crippen LogP contribution in [0.1, 0.15) is 30.5 Å². The monoisotopic (exact) mass is 365 g/mol. The third kappa shape index (κ3) is 4.56. The topological polar surface area (TPSA) is 68.5 Å². The van der Waals surface area contributed by atoms with Gasteiger partial charge < -0.3 is 14.5 Å². The van der Waals surface area contributed by atoms with E-state index in [-0.39, 0.29) is 24.2 Å². The van der Waals surface area contributed by atoms with Crippen LogP contribution in [0, 0.1) is 6.92 Å². The minimum absolute atomic E-state index is 0.0569. The number of nitrogens with one attached hydrogen (secondary N) is 1. The first-order valence-corrected chi connectivity index (χ1v) is 8.96. The van der Waals surface area contributed by atoms with Crippen LogP contribution in [-0.2, 0) is 11.2 Å².